The first-order valence-electron chi connectivity index (χ1n) is 9.26. The lowest BCUT2D eigenvalue weighted by Crippen LogP contribution is -2.54. The molecule has 0 aliphatic carbocycles. The van der Waals surface area contributed by atoms with Crippen LogP contribution in [0.15, 0.2) is 35.9 Å². The summed E-state index contributed by atoms with van der Waals surface area (Å²) in [6.07, 6.45) is -1.11. The number of carboxylic acid groups (broad SMARTS) is 1. The molecule has 0 unspecified atom stereocenters. The van der Waals surface area contributed by atoms with Crippen LogP contribution < -0.4 is 5.32 Å². The van der Waals surface area contributed by atoms with Gasteiger partial charge in [0.05, 0.1) is 5.56 Å². The number of hydrogen-bond acceptors (Lipinski definition) is 3. The van der Waals surface area contributed by atoms with Gasteiger partial charge in [0.2, 0.25) is 5.91 Å². The molecule has 1 aromatic carbocycles. The van der Waals surface area contributed by atoms with Gasteiger partial charge in [0.1, 0.15) is 12.1 Å². The van der Waals surface area contributed by atoms with Crippen LogP contribution in [0.2, 0.25) is 0 Å². The highest BCUT2D eigenvalue weighted by atomic mass is 19.4. The SMILES string of the molecule is C/C1=C/C[C@H]2CC[C@@H](C(=O)O)N2C(=O)[C@@H](NC(=O)c2cccc(C(F)(F)F)c2)C1. The lowest BCUT2D eigenvalue weighted by molar-refractivity contribution is -0.150. The standard InChI is InChI=1S/C20H21F3N2O4/c1-11-5-6-14-7-8-16(19(28)29)25(14)18(27)15(9-11)24-17(26)12-3-2-4-13(10-12)20(21,22)23/h2-5,10,14-16H,6-9H2,1H3,(H,24,26)(H,28,29)/b11-5-/t14-,15-,16-/m0/s1. The zero-order valence-corrected chi connectivity index (χ0v) is 15.7. The maximum atomic E-state index is 13.1. The summed E-state index contributed by atoms with van der Waals surface area (Å²) >= 11 is 0. The van der Waals surface area contributed by atoms with Crippen molar-refractivity contribution >= 4 is 17.8 Å². The molecule has 1 saturated heterocycles. The molecular weight excluding hydrogens is 389 g/mol. The molecule has 0 radical (unpaired) electrons. The minimum absolute atomic E-state index is 0.166. The summed E-state index contributed by atoms with van der Waals surface area (Å²) in [4.78, 5) is 38.5. The number of carboxylic acids is 1. The minimum Gasteiger partial charge on any atom is -0.480 e. The van der Waals surface area contributed by atoms with Crippen molar-refractivity contribution in [3.8, 4) is 0 Å². The van der Waals surface area contributed by atoms with Crippen molar-refractivity contribution in [1.82, 2.24) is 10.2 Å². The Hall–Kier alpha value is -2.84. The molecule has 9 heteroatoms. The Kier molecular flexibility index (Phi) is 5.68. The fraction of sp³-hybridized carbons (Fsp3) is 0.450. The smallest absolute Gasteiger partial charge is 0.416 e. The highest BCUT2D eigenvalue weighted by molar-refractivity contribution is 5.98. The second-order valence-electron chi connectivity index (χ2n) is 7.43. The van der Waals surface area contributed by atoms with Crippen LogP contribution >= 0.6 is 0 Å². The number of nitrogens with zero attached hydrogens (tertiary/aromatic N) is 1. The Labute approximate surface area is 165 Å². The van der Waals surface area contributed by atoms with Gasteiger partial charge in [0, 0.05) is 11.6 Å². The van der Waals surface area contributed by atoms with Crippen molar-refractivity contribution in [1.29, 1.82) is 0 Å². The normalized spacial score (nSPS) is 26.8. The fourth-order valence-electron chi connectivity index (χ4n) is 3.89. The van der Waals surface area contributed by atoms with Gasteiger partial charge in [0.15, 0.2) is 0 Å². The topological polar surface area (TPSA) is 86.7 Å². The van der Waals surface area contributed by atoms with E-state index in [9.17, 15) is 32.7 Å². The van der Waals surface area contributed by atoms with Gasteiger partial charge in [0.25, 0.3) is 5.91 Å². The first kappa shape index (κ1) is 20.9. The summed E-state index contributed by atoms with van der Waals surface area (Å²) in [5.74, 6) is -2.44. The summed E-state index contributed by atoms with van der Waals surface area (Å²) in [6.45, 7) is 1.80. The second-order valence-corrected chi connectivity index (χ2v) is 7.43. The highest BCUT2D eigenvalue weighted by Crippen LogP contribution is 2.31. The van der Waals surface area contributed by atoms with Gasteiger partial charge in [-0.25, -0.2) is 4.79 Å². The third-order valence-electron chi connectivity index (χ3n) is 5.36. The largest absolute Gasteiger partial charge is 0.480 e. The average molecular weight is 410 g/mol. The van der Waals surface area contributed by atoms with Crippen molar-refractivity contribution in [3.63, 3.8) is 0 Å². The summed E-state index contributed by atoms with van der Waals surface area (Å²) in [6, 6.07) is 1.66. The third-order valence-corrected chi connectivity index (χ3v) is 5.36. The zero-order valence-electron chi connectivity index (χ0n) is 15.7. The number of benzene rings is 1. The molecule has 156 valence electrons. The molecule has 1 fully saturated rings. The molecule has 2 heterocycles. The van der Waals surface area contributed by atoms with Crippen molar-refractivity contribution < 1.29 is 32.7 Å². The monoisotopic (exact) mass is 410 g/mol. The molecule has 2 aliphatic rings. The number of nitrogens with one attached hydrogen (secondary N) is 1. The molecule has 0 aromatic heterocycles. The molecule has 3 atom stereocenters. The number of carbonyl (C=O) groups is 3. The maximum absolute atomic E-state index is 13.1. The molecule has 1 aromatic rings. The molecule has 29 heavy (non-hydrogen) atoms. The number of amides is 2. The predicted octanol–water partition coefficient (Wildman–Crippen LogP) is 2.99. The quantitative estimate of drug-likeness (QED) is 0.750. The van der Waals surface area contributed by atoms with Gasteiger partial charge in [-0.2, -0.15) is 13.2 Å². The summed E-state index contributed by atoms with van der Waals surface area (Å²) in [7, 11) is 0. The van der Waals surface area contributed by atoms with Gasteiger partial charge >= 0.3 is 12.1 Å². The highest BCUT2D eigenvalue weighted by Gasteiger charge is 2.43. The molecule has 2 N–H and O–H groups in total. The summed E-state index contributed by atoms with van der Waals surface area (Å²) < 4.78 is 38.7. The summed E-state index contributed by atoms with van der Waals surface area (Å²) in [5, 5.41) is 11.9. The molecular formula is C20H21F3N2O4. The van der Waals surface area contributed by atoms with E-state index in [1.54, 1.807) is 6.92 Å². The molecule has 0 saturated carbocycles. The number of hydrogen-bond donors (Lipinski definition) is 2. The van der Waals surface area contributed by atoms with Crippen LogP contribution in [0, 0.1) is 0 Å². The maximum Gasteiger partial charge on any atom is 0.416 e. The van der Waals surface area contributed by atoms with Crippen molar-refractivity contribution in [2.24, 2.45) is 0 Å². The molecule has 3 rings (SSSR count). The number of fused-ring (bicyclic) bond motifs is 1. The van der Waals surface area contributed by atoms with Gasteiger partial charge in [-0.15, -0.1) is 0 Å². The van der Waals surface area contributed by atoms with E-state index in [1.165, 1.54) is 11.0 Å². The van der Waals surface area contributed by atoms with Crippen molar-refractivity contribution in [3.05, 3.63) is 47.0 Å². The van der Waals surface area contributed by atoms with Crippen LogP contribution in [-0.4, -0.2) is 45.9 Å². The molecule has 2 amide bonds. The number of rotatable bonds is 3. The first-order valence-corrected chi connectivity index (χ1v) is 9.26. The molecule has 6 nitrogen and oxygen atoms in total. The number of carbonyl (C=O) groups excluding carboxylic acids is 2. The van der Waals surface area contributed by atoms with Gasteiger partial charge in [-0.1, -0.05) is 17.7 Å². The van der Waals surface area contributed by atoms with Gasteiger partial charge in [-0.3, -0.25) is 9.59 Å². The Bertz CT molecular complexity index is 866. The number of alkyl halides is 3. The Morgan fingerprint density at radius 1 is 1.24 bits per heavy atom. The first-order chi connectivity index (χ1) is 13.6. The van der Waals surface area contributed by atoms with Crippen molar-refractivity contribution in [2.75, 3.05) is 0 Å². The lowest BCUT2D eigenvalue weighted by atomic mass is 9.98. The molecule has 0 spiro atoms. The van der Waals surface area contributed by atoms with Crippen LogP contribution in [0.25, 0.3) is 0 Å². The van der Waals surface area contributed by atoms with Crippen molar-refractivity contribution in [2.45, 2.75) is 56.9 Å². The van der Waals surface area contributed by atoms with E-state index in [4.69, 9.17) is 0 Å². The van der Waals surface area contributed by atoms with Crippen LogP contribution in [0.5, 0.6) is 0 Å². The molecule has 2 aliphatic heterocycles. The molecule has 0 bridgehead atoms. The van der Waals surface area contributed by atoms with Gasteiger partial charge < -0.3 is 15.3 Å². The van der Waals surface area contributed by atoms with E-state index in [0.29, 0.717) is 19.3 Å². The second kappa shape index (κ2) is 7.88. The zero-order chi connectivity index (χ0) is 21.3. The van der Waals surface area contributed by atoms with Crippen LogP contribution in [0.4, 0.5) is 13.2 Å². The van der Waals surface area contributed by atoms with E-state index >= 15 is 0 Å². The van der Waals surface area contributed by atoms with Crippen LogP contribution in [-0.2, 0) is 15.8 Å². The fourth-order valence-corrected chi connectivity index (χ4v) is 3.89. The summed E-state index contributed by atoms with van der Waals surface area (Å²) in [5.41, 5.74) is -0.328. The number of halogens is 3. The van der Waals surface area contributed by atoms with E-state index < -0.39 is 41.6 Å². The Morgan fingerprint density at radius 2 is 1.97 bits per heavy atom. The average Bonchev–Trinajstić information content (AvgIpc) is 3.07. The third kappa shape index (κ3) is 4.44. The van der Waals surface area contributed by atoms with E-state index in [2.05, 4.69) is 5.32 Å². The minimum atomic E-state index is -4.59. The Balaban J connectivity index is 1.85. The van der Waals surface area contributed by atoms with Crippen LogP contribution in [0.3, 0.4) is 0 Å². The van der Waals surface area contributed by atoms with E-state index in [1.807, 2.05) is 6.08 Å². The Morgan fingerprint density at radius 3 is 2.62 bits per heavy atom. The van der Waals surface area contributed by atoms with Crippen LogP contribution in [0.1, 0.15) is 48.5 Å². The lowest BCUT2D eigenvalue weighted by Gasteiger charge is -2.33. The van der Waals surface area contributed by atoms with E-state index in [-0.39, 0.29) is 18.0 Å². The van der Waals surface area contributed by atoms with E-state index in [0.717, 1.165) is 23.8 Å². The predicted molar refractivity (Wildman–Crippen MR) is 97.0 cm³/mol. The number of aliphatic carboxylic acids is 1. The van der Waals surface area contributed by atoms with Gasteiger partial charge in [-0.05, 0) is 50.8 Å².